The number of fused-ring (bicyclic) bond motifs is 5. The van der Waals surface area contributed by atoms with Crippen molar-refractivity contribution in [2.24, 2.45) is 0 Å². The minimum atomic E-state index is -3.77. The number of benzene rings is 2. The molecule has 0 fully saturated rings. The number of rotatable bonds is 5. The highest BCUT2D eigenvalue weighted by atomic mass is 32.2. The van der Waals surface area contributed by atoms with Gasteiger partial charge in [-0.05, 0) is 23.6 Å². The van der Waals surface area contributed by atoms with Gasteiger partial charge in [0.2, 0.25) is 15.8 Å². The third-order valence-corrected chi connectivity index (χ3v) is 6.21. The van der Waals surface area contributed by atoms with E-state index in [-0.39, 0.29) is 34.0 Å². The molecular formula is C23H23NO8S. The molecule has 0 radical (unpaired) electrons. The van der Waals surface area contributed by atoms with Gasteiger partial charge in [-0.2, -0.15) is 0 Å². The third-order valence-electron chi connectivity index (χ3n) is 5.61. The standard InChI is InChI=1S/C23H23NO8S/c1-12(2)15-9-10-16-19(11-15)32-23(31-14(4)26)17-7-6-8-18(24-33(5,28)29)20(17)21(27)22(16,23)30-13(3)25/h6-12,24H,1-5H3. The van der Waals surface area contributed by atoms with Gasteiger partial charge in [0, 0.05) is 13.8 Å². The van der Waals surface area contributed by atoms with Crippen molar-refractivity contribution in [1.82, 2.24) is 0 Å². The van der Waals surface area contributed by atoms with Crippen molar-refractivity contribution in [3.63, 3.8) is 0 Å². The lowest BCUT2D eigenvalue weighted by molar-refractivity contribution is -0.254. The molecule has 0 saturated carbocycles. The van der Waals surface area contributed by atoms with Crippen LogP contribution in [0.2, 0.25) is 0 Å². The molecule has 2 atom stereocenters. The van der Waals surface area contributed by atoms with Crippen molar-refractivity contribution in [1.29, 1.82) is 0 Å². The van der Waals surface area contributed by atoms with Crippen molar-refractivity contribution in [2.75, 3.05) is 11.0 Å². The Morgan fingerprint density at radius 3 is 2.27 bits per heavy atom. The molecule has 1 aliphatic heterocycles. The Bertz CT molecular complexity index is 1320. The molecule has 9 nitrogen and oxygen atoms in total. The Kier molecular flexibility index (Phi) is 5.05. The number of nitrogens with one attached hydrogen (secondary N) is 1. The van der Waals surface area contributed by atoms with E-state index in [2.05, 4.69) is 4.72 Å². The molecule has 2 aliphatic rings. The highest BCUT2D eigenvalue weighted by Crippen LogP contribution is 2.63. The van der Waals surface area contributed by atoms with E-state index in [1.807, 2.05) is 13.8 Å². The highest BCUT2D eigenvalue weighted by molar-refractivity contribution is 7.92. The van der Waals surface area contributed by atoms with Crippen LogP contribution in [0.4, 0.5) is 5.69 Å². The molecule has 2 unspecified atom stereocenters. The highest BCUT2D eigenvalue weighted by Gasteiger charge is 2.77. The molecule has 0 amide bonds. The van der Waals surface area contributed by atoms with Crippen molar-refractivity contribution in [3.05, 3.63) is 58.7 Å². The van der Waals surface area contributed by atoms with Gasteiger partial charge in [0.05, 0.1) is 28.6 Å². The molecule has 4 rings (SSSR count). The summed E-state index contributed by atoms with van der Waals surface area (Å²) in [5.41, 5.74) is -1.17. The Morgan fingerprint density at radius 2 is 1.70 bits per heavy atom. The summed E-state index contributed by atoms with van der Waals surface area (Å²) >= 11 is 0. The first kappa shape index (κ1) is 22.8. The second-order valence-corrected chi connectivity index (χ2v) is 10.2. The summed E-state index contributed by atoms with van der Waals surface area (Å²) in [5, 5.41) is 0. The van der Waals surface area contributed by atoms with Crippen LogP contribution in [0.3, 0.4) is 0 Å². The van der Waals surface area contributed by atoms with Crippen molar-refractivity contribution < 1.29 is 37.0 Å². The van der Waals surface area contributed by atoms with E-state index in [1.165, 1.54) is 18.2 Å². The van der Waals surface area contributed by atoms with Crippen molar-refractivity contribution >= 4 is 33.4 Å². The second kappa shape index (κ2) is 7.31. The number of ketones is 1. The number of anilines is 1. The first-order valence-electron chi connectivity index (χ1n) is 10.2. The quantitative estimate of drug-likeness (QED) is 0.657. The number of carbonyl (C=O) groups excluding carboxylic acids is 3. The smallest absolute Gasteiger partial charge is 0.334 e. The molecule has 1 N–H and O–H groups in total. The Balaban J connectivity index is 2.08. The lowest BCUT2D eigenvalue weighted by Gasteiger charge is -2.35. The molecule has 1 aliphatic carbocycles. The van der Waals surface area contributed by atoms with Gasteiger partial charge >= 0.3 is 17.7 Å². The molecule has 0 aromatic heterocycles. The van der Waals surface area contributed by atoms with E-state index >= 15 is 0 Å². The van der Waals surface area contributed by atoms with Crippen LogP contribution in [-0.4, -0.2) is 32.4 Å². The maximum Gasteiger partial charge on any atom is 0.334 e. The van der Waals surface area contributed by atoms with Gasteiger partial charge in [0.25, 0.3) is 5.60 Å². The number of sulfonamides is 1. The lowest BCUT2D eigenvalue weighted by Crippen LogP contribution is -2.53. The van der Waals surface area contributed by atoms with Crippen LogP contribution in [0.5, 0.6) is 5.75 Å². The predicted molar refractivity (Wildman–Crippen MR) is 117 cm³/mol. The third kappa shape index (κ3) is 3.28. The summed E-state index contributed by atoms with van der Waals surface area (Å²) in [4.78, 5) is 38.6. The molecule has 2 aromatic carbocycles. The predicted octanol–water partition coefficient (Wildman–Crippen LogP) is 2.94. The average molecular weight is 474 g/mol. The largest absolute Gasteiger partial charge is 0.444 e. The van der Waals surface area contributed by atoms with E-state index in [9.17, 15) is 22.8 Å². The molecular weight excluding hydrogens is 450 g/mol. The first-order chi connectivity index (χ1) is 15.3. The number of carbonyl (C=O) groups is 3. The molecule has 174 valence electrons. The monoisotopic (exact) mass is 473 g/mol. The van der Waals surface area contributed by atoms with Crippen LogP contribution in [0.25, 0.3) is 0 Å². The normalized spacial score (nSPS) is 22.8. The fourth-order valence-corrected chi connectivity index (χ4v) is 5.03. The molecule has 2 aromatic rings. The first-order valence-corrected chi connectivity index (χ1v) is 12.1. The van der Waals surface area contributed by atoms with E-state index in [0.717, 1.165) is 25.7 Å². The van der Waals surface area contributed by atoms with E-state index in [1.54, 1.807) is 18.2 Å². The van der Waals surface area contributed by atoms with E-state index < -0.39 is 39.1 Å². The van der Waals surface area contributed by atoms with Gasteiger partial charge in [-0.3, -0.25) is 19.1 Å². The van der Waals surface area contributed by atoms with E-state index in [0.29, 0.717) is 0 Å². The zero-order valence-corrected chi connectivity index (χ0v) is 19.5. The van der Waals surface area contributed by atoms with Crippen molar-refractivity contribution in [2.45, 2.75) is 45.0 Å². The summed E-state index contributed by atoms with van der Waals surface area (Å²) in [6.07, 6.45) is 0.940. The number of Topliss-reactive ketones (excluding diaryl/α,β-unsaturated/α-hetero) is 1. The fourth-order valence-electron chi connectivity index (χ4n) is 4.46. The van der Waals surface area contributed by atoms with Crippen LogP contribution in [-0.2, 0) is 40.5 Å². The second-order valence-electron chi connectivity index (χ2n) is 8.43. The molecule has 33 heavy (non-hydrogen) atoms. The summed E-state index contributed by atoms with van der Waals surface area (Å²) in [7, 11) is -3.77. The zero-order valence-electron chi connectivity index (χ0n) is 18.7. The van der Waals surface area contributed by atoms with Gasteiger partial charge in [-0.1, -0.05) is 38.1 Å². The maximum absolute atomic E-state index is 14.0. The molecule has 10 heteroatoms. The summed E-state index contributed by atoms with van der Waals surface area (Å²) < 4.78 is 43.7. The van der Waals surface area contributed by atoms with Crippen LogP contribution >= 0.6 is 0 Å². The Labute approximate surface area is 191 Å². The Morgan fingerprint density at radius 1 is 1.03 bits per heavy atom. The molecule has 1 heterocycles. The SMILES string of the molecule is CC(=O)OC12Oc3cc(C(C)C)ccc3C1(OC(C)=O)C(=O)c1c(NS(C)(=O)=O)cccc12. The van der Waals surface area contributed by atoms with Gasteiger partial charge in [0.1, 0.15) is 5.75 Å². The molecule has 0 bridgehead atoms. The number of hydrogen-bond donors (Lipinski definition) is 1. The number of esters is 2. The number of hydrogen-bond acceptors (Lipinski definition) is 8. The molecule has 0 spiro atoms. The lowest BCUT2D eigenvalue weighted by atomic mass is 9.85. The summed E-state index contributed by atoms with van der Waals surface area (Å²) in [6, 6.07) is 9.44. The van der Waals surface area contributed by atoms with Crippen LogP contribution in [0.1, 0.15) is 60.7 Å². The Hall–Kier alpha value is -3.40. The minimum Gasteiger partial charge on any atom is -0.444 e. The maximum atomic E-state index is 14.0. The van der Waals surface area contributed by atoms with Crippen LogP contribution in [0.15, 0.2) is 36.4 Å². The number of ether oxygens (including phenoxy) is 3. The van der Waals surface area contributed by atoms with Crippen LogP contribution in [0, 0.1) is 0 Å². The minimum absolute atomic E-state index is 0.0450. The van der Waals surface area contributed by atoms with E-state index in [4.69, 9.17) is 14.2 Å². The summed E-state index contributed by atoms with van der Waals surface area (Å²) in [5.74, 6) is -4.17. The van der Waals surface area contributed by atoms with Gasteiger partial charge in [0.15, 0.2) is 0 Å². The van der Waals surface area contributed by atoms with Gasteiger partial charge < -0.3 is 14.2 Å². The van der Waals surface area contributed by atoms with Gasteiger partial charge in [-0.15, -0.1) is 0 Å². The van der Waals surface area contributed by atoms with Crippen LogP contribution < -0.4 is 9.46 Å². The topological polar surface area (TPSA) is 125 Å². The summed E-state index contributed by atoms with van der Waals surface area (Å²) in [6.45, 7) is 6.22. The van der Waals surface area contributed by atoms with Crippen molar-refractivity contribution in [3.8, 4) is 5.75 Å². The van der Waals surface area contributed by atoms with Gasteiger partial charge in [-0.25, -0.2) is 8.42 Å². The molecule has 0 saturated heterocycles. The zero-order chi connectivity index (χ0) is 24.3. The average Bonchev–Trinajstić information content (AvgIpc) is 3.04. The fraction of sp³-hybridized carbons (Fsp3) is 0.348.